The number of rotatable bonds is 4. The summed E-state index contributed by atoms with van der Waals surface area (Å²) in [6.45, 7) is 1.95. The van der Waals surface area contributed by atoms with Crippen LogP contribution < -0.4 is 10.1 Å². The Morgan fingerprint density at radius 2 is 2.19 bits per heavy atom. The molecule has 2 fully saturated rings. The molecule has 0 bridgehead atoms. The molecule has 0 unspecified atom stereocenters. The average molecular weight is 364 g/mol. The number of aromatic hydroxyl groups is 1. The normalized spacial score (nSPS) is 20.5. The number of imidazole rings is 1. The number of ether oxygens (including phenoxy) is 1. The maximum atomic E-state index is 10.4. The van der Waals surface area contributed by atoms with Crippen LogP contribution in [0.5, 0.6) is 11.8 Å². The maximum absolute atomic E-state index is 10.4. The lowest BCUT2D eigenvalue weighted by Crippen LogP contribution is -2.44. The molecule has 1 saturated carbocycles. The number of phenols is 1. The van der Waals surface area contributed by atoms with E-state index in [1.165, 1.54) is 12.8 Å². The third kappa shape index (κ3) is 3.02. The summed E-state index contributed by atoms with van der Waals surface area (Å²) in [5.74, 6) is 0.112. The summed E-state index contributed by atoms with van der Waals surface area (Å²) in [5.41, 5.74) is 2.14. The molecule has 8 nitrogen and oxygen atoms in total. The van der Waals surface area contributed by atoms with Crippen LogP contribution in [-0.4, -0.2) is 49.0 Å². The molecule has 2 aliphatic rings. The van der Waals surface area contributed by atoms with Crippen LogP contribution in [0.1, 0.15) is 19.3 Å². The predicted molar refractivity (Wildman–Crippen MR) is 97.6 cm³/mol. The monoisotopic (exact) mass is 364 g/mol. The van der Waals surface area contributed by atoms with Gasteiger partial charge in [-0.15, -0.1) is 5.10 Å². The van der Waals surface area contributed by atoms with Crippen LogP contribution in [-0.2, 0) is 0 Å². The van der Waals surface area contributed by atoms with E-state index >= 15 is 0 Å². The van der Waals surface area contributed by atoms with Crippen molar-refractivity contribution in [3.05, 3.63) is 43.1 Å². The average Bonchev–Trinajstić information content (AvgIpc) is 3.24. The molecule has 1 aliphatic carbocycles. The third-order valence-corrected chi connectivity index (χ3v) is 5.48. The van der Waals surface area contributed by atoms with Gasteiger partial charge < -0.3 is 19.7 Å². The first kappa shape index (κ1) is 16.2. The molecule has 2 N–H and O–H groups in total. The molecule has 1 aromatic carbocycles. The van der Waals surface area contributed by atoms with Crippen LogP contribution in [0.25, 0.3) is 16.9 Å². The summed E-state index contributed by atoms with van der Waals surface area (Å²) in [6, 6.07) is 5.64. The zero-order valence-electron chi connectivity index (χ0n) is 14.7. The number of aromatic nitrogens is 5. The van der Waals surface area contributed by atoms with E-state index in [0.29, 0.717) is 17.3 Å². The first-order valence-electron chi connectivity index (χ1n) is 9.12. The Bertz CT molecular complexity index is 937. The summed E-state index contributed by atoms with van der Waals surface area (Å²) in [7, 11) is 0. The molecule has 0 radical (unpaired) electrons. The van der Waals surface area contributed by atoms with Crippen molar-refractivity contribution < 1.29 is 9.84 Å². The third-order valence-electron chi connectivity index (χ3n) is 5.48. The van der Waals surface area contributed by atoms with Crippen molar-refractivity contribution in [3.8, 4) is 28.7 Å². The highest BCUT2D eigenvalue weighted by molar-refractivity contribution is 5.67. The zero-order valence-corrected chi connectivity index (χ0v) is 14.7. The second kappa shape index (κ2) is 6.31. The molecular formula is C19H20N6O2. The second-order valence-corrected chi connectivity index (χ2v) is 7.23. The highest BCUT2D eigenvalue weighted by Gasteiger charge is 2.52. The molecule has 27 heavy (non-hydrogen) atoms. The van der Waals surface area contributed by atoms with Crippen LogP contribution >= 0.6 is 0 Å². The van der Waals surface area contributed by atoms with E-state index in [1.807, 2.05) is 16.8 Å². The van der Waals surface area contributed by atoms with Gasteiger partial charge in [-0.3, -0.25) is 0 Å². The van der Waals surface area contributed by atoms with Crippen molar-refractivity contribution >= 4 is 0 Å². The molecule has 2 aromatic heterocycles. The van der Waals surface area contributed by atoms with Crippen molar-refractivity contribution in [2.75, 3.05) is 13.1 Å². The fourth-order valence-electron chi connectivity index (χ4n) is 3.71. The van der Waals surface area contributed by atoms with E-state index in [-0.39, 0.29) is 17.3 Å². The van der Waals surface area contributed by atoms with Crippen molar-refractivity contribution in [1.29, 1.82) is 0 Å². The van der Waals surface area contributed by atoms with Crippen molar-refractivity contribution in [2.45, 2.75) is 25.4 Å². The van der Waals surface area contributed by atoms with Crippen LogP contribution in [0.4, 0.5) is 0 Å². The first-order valence-corrected chi connectivity index (χ1v) is 9.12. The van der Waals surface area contributed by atoms with E-state index in [4.69, 9.17) is 4.74 Å². The molecular weight excluding hydrogens is 344 g/mol. The van der Waals surface area contributed by atoms with E-state index in [0.717, 1.165) is 25.2 Å². The minimum atomic E-state index is 0.112. The second-order valence-electron chi connectivity index (χ2n) is 7.23. The van der Waals surface area contributed by atoms with Gasteiger partial charge >= 0.3 is 6.01 Å². The van der Waals surface area contributed by atoms with Crippen molar-refractivity contribution in [3.63, 3.8) is 0 Å². The van der Waals surface area contributed by atoms with Gasteiger partial charge in [-0.05, 0) is 37.9 Å². The number of phenolic OH excluding ortho intramolecular Hbond substituents is 1. The van der Waals surface area contributed by atoms with Crippen LogP contribution in [0, 0.1) is 5.41 Å². The Morgan fingerprint density at radius 3 is 2.89 bits per heavy atom. The number of piperidine rings is 1. The Kier molecular flexibility index (Phi) is 3.78. The Morgan fingerprint density at radius 1 is 1.26 bits per heavy atom. The largest absolute Gasteiger partial charge is 0.507 e. The summed E-state index contributed by atoms with van der Waals surface area (Å²) < 4.78 is 7.84. The lowest BCUT2D eigenvalue weighted by atomic mass is 9.93. The Balaban J connectivity index is 1.34. The Labute approximate surface area is 156 Å². The van der Waals surface area contributed by atoms with Crippen molar-refractivity contribution in [1.82, 2.24) is 30.0 Å². The summed E-state index contributed by atoms with van der Waals surface area (Å²) in [4.78, 5) is 8.33. The van der Waals surface area contributed by atoms with Gasteiger partial charge in [-0.1, -0.05) is 5.10 Å². The topological polar surface area (TPSA) is 98.0 Å². The molecule has 138 valence electrons. The standard InChI is InChI=1S/C19H20N6O2/c26-16-9-13(25-8-7-21-12-25)1-2-14(16)15-10-22-18(24-23-15)27-17-3-6-20-11-19(17)4-5-19/h1-2,7-10,12,17,20,26H,3-6,11H2/t17-/m1/s1. The number of nitrogens with one attached hydrogen (secondary N) is 1. The van der Waals surface area contributed by atoms with E-state index in [2.05, 4.69) is 25.5 Å². The van der Waals surface area contributed by atoms with E-state index in [1.54, 1.807) is 30.9 Å². The van der Waals surface area contributed by atoms with E-state index < -0.39 is 0 Å². The minimum absolute atomic E-state index is 0.112. The summed E-state index contributed by atoms with van der Waals surface area (Å²) in [6.07, 6.45) is 10.3. The number of hydrogen-bond acceptors (Lipinski definition) is 7. The highest BCUT2D eigenvalue weighted by Crippen LogP contribution is 2.51. The van der Waals surface area contributed by atoms with Gasteiger partial charge in [-0.2, -0.15) is 0 Å². The first-order chi connectivity index (χ1) is 13.2. The summed E-state index contributed by atoms with van der Waals surface area (Å²) >= 11 is 0. The smallest absolute Gasteiger partial charge is 0.335 e. The molecule has 1 spiro atoms. The highest BCUT2D eigenvalue weighted by atomic mass is 16.5. The molecule has 3 aromatic rings. The molecule has 8 heteroatoms. The van der Waals surface area contributed by atoms with Gasteiger partial charge in [0, 0.05) is 36.0 Å². The predicted octanol–water partition coefficient (Wildman–Crippen LogP) is 1.95. The number of hydrogen-bond donors (Lipinski definition) is 2. The zero-order chi connectivity index (χ0) is 18.3. The van der Waals surface area contributed by atoms with Crippen LogP contribution in [0.15, 0.2) is 43.1 Å². The van der Waals surface area contributed by atoms with Gasteiger partial charge in [0.2, 0.25) is 0 Å². The van der Waals surface area contributed by atoms with Crippen LogP contribution in [0.2, 0.25) is 0 Å². The quantitative estimate of drug-likeness (QED) is 0.730. The molecule has 1 saturated heterocycles. The molecule has 5 rings (SSSR count). The Hall–Kier alpha value is -3.00. The SMILES string of the molecule is Oc1cc(-n2ccnc2)ccc1-c1cnc(O[C@@H]2CCNCC23CC3)nn1. The molecule has 1 atom stereocenters. The molecule has 0 amide bonds. The van der Waals surface area contributed by atoms with E-state index in [9.17, 15) is 5.11 Å². The fraction of sp³-hybridized carbons (Fsp3) is 0.368. The van der Waals surface area contributed by atoms with Crippen LogP contribution in [0.3, 0.4) is 0 Å². The fourth-order valence-corrected chi connectivity index (χ4v) is 3.71. The molecule has 1 aliphatic heterocycles. The van der Waals surface area contributed by atoms with Gasteiger partial charge in [0.25, 0.3) is 0 Å². The van der Waals surface area contributed by atoms with Gasteiger partial charge in [0.1, 0.15) is 17.5 Å². The molecule has 3 heterocycles. The minimum Gasteiger partial charge on any atom is -0.507 e. The lowest BCUT2D eigenvalue weighted by molar-refractivity contribution is 0.0765. The number of nitrogens with zero attached hydrogens (tertiary/aromatic N) is 5. The summed E-state index contributed by atoms with van der Waals surface area (Å²) in [5, 5.41) is 22.1. The van der Waals surface area contributed by atoms with Gasteiger partial charge in [-0.25, -0.2) is 9.97 Å². The maximum Gasteiger partial charge on any atom is 0.335 e. The van der Waals surface area contributed by atoms with Gasteiger partial charge in [0.15, 0.2) is 0 Å². The van der Waals surface area contributed by atoms with Crippen molar-refractivity contribution in [2.24, 2.45) is 5.41 Å². The van der Waals surface area contributed by atoms with Gasteiger partial charge in [0.05, 0.1) is 18.2 Å². The lowest BCUT2D eigenvalue weighted by Gasteiger charge is -2.31. The number of benzene rings is 1.